The molecule has 2 N–H and O–H groups in total. The molecule has 2 saturated heterocycles. The number of hydrogen-bond acceptors (Lipinski definition) is 2. The molecule has 4 fully saturated rings. The largest absolute Gasteiger partial charge is 0.349 e. The minimum atomic E-state index is -1.60. The van der Waals surface area contributed by atoms with Gasteiger partial charge in [-0.3, -0.25) is 0 Å². The van der Waals surface area contributed by atoms with Gasteiger partial charge in [-0.1, -0.05) is 6.92 Å². The molecular formula is C18H21F3N2O2. The lowest BCUT2D eigenvalue weighted by Gasteiger charge is -2.61. The third-order valence-corrected chi connectivity index (χ3v) is 5.91. The van der Waals surface area contributed by atoms with Crippen LogP contribution >= 0.6 is 0 Å². The molecule has 25 heavy (non-hydrogen) atoms. The highest BCUT2D eigenvalue weighted by atomic mass is 19.2. The highest BCUT2D eigenvalue weighted by molar-refractivity contribution is 5.89. The third-order valence-electron chi connectivity index (χ3n) is 5.91. The predicted molar refractivity (Wildman–Crippen MR) is 85.4 cm³/mol. The number of carbonyl (C=O) groups excluding carboxylic acids is 1. The summed E-state index contributed by atoms with van der Waals surface area (Å²) < 4.78 is 46.4. The van der Waals surface area contributed by atoms with Crippen LogP contribution < -0.4 is 10.6 Å². The summed E-state index contributed by atoms with van der Waals surface area (Å²) in [7, 11) is 0. The van der Waals surface area contributed by atoms with E-state index in [0.29, 0.717) is 11.8 Å². The van der Waals surface area contributed by atoms with E-state index in [0.717, 1.165) is 50.7 Å². The van der Waals surface area contributed by atoms with E-state index in [1.807, 2.05) is 0 Å². The van der Waals surface area contributed by atoms with E-state index in [-0.39, 0.29) is 5.60 Å². The first-order valence-electron chi connectivity index (χ1n) is 8.76. The van der Waals surface area contributed by atoms with Crippen molar-refractivity contribution in [2.45, 2.75) is 56.8 Å². The van der Waals surface area contributed by atoms with Crippen molar-refractivity contribution in [3.63, 3.8) is 0 Å². The molecule has 0 radical (unpaired) electrons. The number of urea groups is 1. The summed E-state index contributed by atoms with van der Waals surface area (Å²) in [6.45, 7) is 2.09. The molecule has 136 valence electrons. The topological polar surface area (TPSA) is 50.4 Å². The molecule has 7 heteroatoms. The van der Waals surface area contributed by atoms with Crippen LogP contribution in [0.2, 0.25) is 0 Å². The van der Waals surface area contributed by atoms with Crippen molar-refractivity contribution in [2.24, 2.45) is 11.8 Å². The van der Waals surface area contributed by atoms with E-state index in [1.165, 1.54) is 0 Å². The number of carbonyl (C=O) groups is 1. The summed E-state index contributed by atoms with van der Waals surface area (Å²) in [6.07, 6.45) is 5.56. The van der Waals surface area contributed by atoms with Crippen LogP contribution in [0.5, 0.6) is 0 Å². The molecule has 2 aliphatic carbocycles. The Balaban J connectivity index is 1.51. The predicted octanol–water partition coefficient (Wildman–Crippen LogP) is 4.31. The first-order valence-corrected chi connectivity index (χ1v) is 8.76. The van der Waals surface area contributed by atoms with E-state index in [1.54, 1.807) is 0 Å². The third kappa shape index (κ3) is 2.78. The number of nitrogens with one attached hydrogen (secondary N) is 2. The van der Waals surface area contributed by atoms with Crippen LogP contribution in [0.4, 0.5) is 23.7 Å². The summed E-state index contributed by atoms with van der Waals surface area (Å²) in [4.78, 5) is 12.4. The van der Waals surface area contributed by atoms with Gasteiger partial charge < -0.3 is 15.4 Å². The highest BCUT2D eigenvalue weighted by Crippen LogP contribution is 2.57. The first-order chi connectivity index (χ1) is 11.8. The Labute approximate surface area is 144 Å². The van der Waals surface area contributed by atoms with E-state index in [4.69, 9.17) is 4.74 Å². The summed E-state index contributed by atoms with van der Waals surface area (Å²) in [6, 6.07) is 1.11. The molecule has 1 aromatic rings. The lowest BCUT2D eigenvalue weighted by molar-refractivity contribution is -0.281. The van der Waals surface area contributed by atoms with Crippen LogP contribution in [0.3, 0.4) is 0 Å². The highest BCUT2D eigenvalue weighted by Gasteiger charge is 2.58. The van der Waals surface area contributed by atoms with Crippen LogP contribution in [0.25, 0.3) is 0 Å². The van der Waals surface area contributed by atoms with Crippen molar-refractivity contribution in [2.75, 3.05) is 5.32 Å². The smallest absolute Gasteiger partial charge is 0.321 e. The maximum absolute atomic E-state index is 13.7. The Hall–Kier alpha value is -1.76. The molecule has 4 aliphatic rings. The van der Waals surface area contributed by atoms with Crippen molar-refractivity contribution in [1.82, 2.24) is 5.32 Å². The number of amides is 2. The van der Waals surface area contributed by atoms with E-state index < -0.39 is 34.9 Å². The van der Waals surface area contributed by atoms with Gasteiger partial charge in [-0.2, -0.15) is 0 Å². The fraction of sp³-hybridized carbons (Fsp3) is 0.611. The quantitative estimate of drug-likeness (QED) is 0.795. The number of rotatable bonds is 3. The molecule has 5 rings (SSSR count). The number of halogens is 3. The van der Waals surface area contributed by atoms with Crippen LogP contribution in [-0.4, -0.2) is 17.4 Å². The second-order valence-corrected chi connectivity index (χ2v) is 7.72. The van der Waals surface area contributed by atoms with Crippen molar-refractivity contribution in [3.8, 4) is 0 Å². The number of benzene rings is 1. The van der Waals surface area contributed by atoms with Crippen molar-refractivity contribution < 1.29 is 22.7 Å². The molecular weight excluding hydrogens is 333 g/mol. The van der Waals surface area contributed by atoms with Crippen LogP contribution in [0, 0.1) is 29.3 Å². The lowest BCUT2D eigenvalue weighted by atomic mass is 9.59. The molecule has 2 aliphatic heterocycles. The molecule has 1 aromatic carbocycles. The van der Waals surface area contributed by atoms with Gasteiger partial charge >= 0.3 is 6.03 Å². The van der Waals surface area contributed by atoms with Crippen molar-refractivity contribution >= 4 is 11.7 Å². The van der Waals surface area contributed by atoms with Gasteiger partial charge in [0.25, 0.3) is 0 Å². The van der Waals surface area contributed by atoms with E-state index in [2.05, 4.69) is 17.6 Å². The zero-order chi connectivity index (χ0) is 17.8. The minimum absolute atomic E-state index is 0.190. The Kier molecular flexibility index (Phi) is 3.76. The molecule has 4 nitrogen and oxygen atoms in total. The lowest BCUT2D eigenvalue weighted by Crippen LogP contribution is -2.67. The standard InChI is InChI=1S/C18H21F3N2O2/c1-2-17-6-10-5-11(7-17)9-18(8-10,25-17)23-16(24)22-13-4-3-12(19)14(20)15(13)21/h3-4,10-11H,2,5-9H2,1H3,(H2,22,23,24)/t10-,11?,17?,18?/m0/s1. The Morgan fingerprint density at radius 2 is 1.84 bits per heavy atom. The average Bonchev–Trinajstić information content (AvgIpc) is 2.54. The van der Waals surface area contributed by atoms with Gasteiger partial charge in [-0.15, -0.1) is 0 Å². The maximum atomic E-state index is 13.7. The number of anilines is 1. The number of hydrogen-bond donors (Lipinski definition) is 2. The second kappa shape index (κ2) is 5.62. The molecule has 3 unspecified atom stereocenters. The zero-order valence-electron chi connectivity index (χ0n) is 14.0. The monoisotopic (exact) mass is 354 g/mol. The summed E-state index contributed by atoms with van der Waals surface area (Å²) in [5.74, 6) is -3.28. The Bertz CT molecular complexity index is 711. The van der Waals surface area contributed by atoms with E-state index in [9.17, 15) is 18.0 Å². The van der Waals surface area contributed by atoms with Crippen LogP contribution in [-0.2, 0) is 4.74 Å². The fourth-order valence-corrected chi connectivity index (χ4v) is 5.15. The van der Waals surface area contributed by atoms with Gasteiger partial charge in [0, 0.05) is 0 Å². The Morgan fingerprint density at radius 1 is 1.16 bits per heavy atom. The molecule has 2 heterocycles. The van der Waals surface area contributed by atoms with Gasteiger partial charge in [-0.05, 0) is 62.5 Å². The molecule has 0 aromatic heterocycles. The van der Waals surface area contributed by atoms with Gasteiger partial charge in [0.15, 0.2) is 17.5 Å². The molecule has 4 atom stereocenters. The molecule has 0 spiro atoms. The average molecular weight is 354 g/mol. The molecule has 4 bridgehead atoms. The number of ether oxygens (including phenoxy) is 1. The maximum Gasteiger partial charge on any atom is 0.321 e. The zero-order valence-corrected chi connectivity index (χ0v) is 14.0. The second-order valence-electron chi connectivity index (χ2n) is 7.72. The summed E-state index contributed by atoms with van der Waals surface area (Å²) in [5.41, 5.74) is -1.34. The first kappa shape index (κ1) is 16.7. The van der Waals surface area contributed by atoms with Gasteiger partial charge in [0.1, 0.15) is 5.72 Å². The van der Waals surface area contributed by atoms with Gasteiger partial charge in [0.2, 0.25) is 0 Å². The van der Waals surface area contributed by atoms with Crippen LogP contribution in [0.1, 0.15) is 45.4 Å². The van der Waals surface area contributed by atoms with Gasteiger partial charge in [-0.25, -0.2) is 18.0 Å². The minimum Gasteiger partial charge on any atom is -0.349 e. The Morgan fingerprint density at radius 3 is 2.48 bits per heavy atom. The van der Waals surface area contributed by atoms with Crippen molar-refractivity contribution in [1.29, 1.82) is 0 Å². The molecule has 2 amide bonds. The van der Waals surface area contributed by atoms with E-state index >= 15 is 0 Å². The van der Waals surface area contributed by atoms with Crippen molar-refractivity contribution in [3.05, 3.63) is 29.6 Å². The molecule has 2 saturated carbocycles. The summed E-state index contributed by atoms with van der Waals surface area (Å²) >= 11 is 0. The summed E-state index contributed by atoms with van der Waals surface area (Å²) in [5, 5.41) is 5.11. The van der Waals surface area contributed by atoms with Gasteiger partial charge in [0.05, 0.1) is 11.3 Å². The fourth-order valence-electron chi connectivity index (χ4n) is 5.15. The normalized spacial score (nSPS) is 35.7. The SMILES string of the molecule is CCC12CC3C[C@@H](C1)CC(NC(=O)Nc1ccc(F)c(F)c1F)(C3)O2. The van der Waals surface area contributed by atoms with Crippen LogP contribution in [0.15, 0.2) is 12.1 Å².